The Bertz CT molecular complexity index is 1000. The second-order valence-corrected chi connectivity index (χ2v) is 17.5. The van der Waals surface area contributed by atoms with Crippen LogP contribution in [-0.4, -0.2) is 87.7 Å². The Balaban J connectivity index is 2.66. The van der Waals surface area contributed by atoms with E-state index in [1.807, 2.05) is 0 Å². The number of aliphatic hydroxyl groups excluding tert-OH is 3. The van der Waals surface area contributed by atoms with Crippen molar-refractivity contribution in [3.8, 4) is 0 Å². The fourth-order valence-electron chi connectivity index (χ4n) is 8.24. The van der Waals surface area contributed by atoms with E-state index in [9.17, 15) is 29.7 Å². The molecule has 1 aliphatic heterocycles. The zero-order valence-corrected chi connectivity index (χ0v) is 37.5. The third kappa shape index (κ3) is 26.4. The number of carbonyl (C=O) groups excluding carboxylic acids is 3. The molecule has 0 unspecified atom stereocenters. The number of nitrogens with zero attached hydrogens (tertiary/aromatic N) is 1. The van der Waals surface area contributed by atoms with Gasteiger partial charge in [-0.25, -0.2) is 0 Å². The van der Waals surface area contributed by atoms with Gasteiger partial charge in [0.1, 0.15) is 24.4 Å². The fraction of sp³-hybridized carbons (Fsp3) is 0.936. The van der Waals surface area contributed by atoms with Crippen LogP contribution in [0.25, 0.3) is 0 Å². The first kappa shape index (κ1) is 54.2. The van der Waals surface area contributed by atoms with Crippen molar-refractivity contribution < 1.29 is 34.4 Å². The number of amides is 3. The van der Waals surface area contributed by atoms with Gasteiger partial charge in [0.05, 0.1) is 12.6 Å². The maximum atomic E-state index is 13.9. The molecule has 1 saturated heterocycles. The van der Waals surface area contributed by atoms with Crippen LogP contribution in [-0.2, 0) is 19.1 Å². The molecule has 342 valence electrons. The summed E-state index contributed by atoms with van der Waals surface area (Å²) in [5.74, 6) is -1.37. The number of rotatable bonds is 40. The molecule has 1 aliphatic rings. The molecule has 0 aromatic carbocycles. The van der Waals surface area contributed by atoms with Crippen molar-refractivity contribution in [3.63, 3.8) is 0 Å². The molecule has 1 fully saturated rings. The topological polar surface area (TPSA) is 188 Å². The van der Waals surface area contributed by atoms with Crippen molar-refractivity contribution in [1.29, 1.82) is 0 Å². The van der Waals surface area contributed by atoms with Gasteiger partial charge >= 0.3 is 0 Å². The second-order valence-electron chi connectivity index (χ2n) is 17.5. The lowest BCUT2D eigenvalue weighted by molar-refractivity contribution is -0.231. The smallest absolute Gasteiger partial charge is 0.237 e. The average Bonchev–Trinajstić information content (AvgIpc) is 3.21. The van der Waals surface area contributed by atoms with E-state index in [1.165, 1.54) is 148 Å². The Labute approximate surface area is 354 Å². The van der Waals surface area contributed by atoms with Crippen molar-refractivity contribution in [2.24, 2.45) is 11.5 Å². The minimum absolute atomic E-state index is 0.0123. The molecule has 0 saturated carbocycles. The highest BCUT2D eigenvalue weighted by Gasteiger charge is 2.48. The molecule has 11 nitrogen and oxygen atoms in total. The summed E-state index contributed by atoms with van der Waals surface area (Å²) in [6.45, 7) is 4.32. The molecule has 11 heteroatoms. The van der Waals surface area contributed by atoms with Crippen molar-refractivity contribution in [2.45, 2.75) is 269 Å². The molecule has 58 heavy (non-hydrogen) atoms. The third-order valence-electron chi connectivity index (χ3n) is 12.1. The summed E-state index contributed by atoms with van der Waals surface area (Å²) in [6.07, 6.45) is 33.2. The van der Waals surface area contributed by atoms with Gasteiger partial charge in [0.15, 0.2) is 6.23 Å². The standard InChI is InChI=1S/C47H92N4O7/c1-3-5-7-9-11-13-15-17-19-21-23-25-27-29-31-33-37-51(42(54)34-32-30-28-26-24-22-20-18-16-14-12-10-8-6-4-2)47-43(45(56)44(55)40(38-52)58-47)50-46(57)39(48)35-36-41(49)53/h39-40,43-45,47,52,55-56H,3-38,48H2,1-2H3,(H2,49,53)(H,50,57)/t39-,40+,43+,44+,45+,47+/m0/s1. The Kier molecular flexibility index (Phi) is 34.6. The lowest BCUT2D eigenvalue weighted by atomic mass is 9.94. The van der Waals surface area contributed by atoms with Crippen LogP contribution in [0, 0.1) is 0 Å². The van der Waals surface area contributed by atoms with E-state index in [1.54, 1.807) is 4.90 Å². The minimum Gasteiger partial charge on any atom is -0.394 e. The number of carbonyl (C=O) groups is 3. The maximum absolute atomic E-state index is 13.9. The number of hydrogen-bond acceptors (Lipinski definition) is 8. The molecule has 1 heterocycles. The van der Waals surface area contributed by atoms with Crippen LogP contribution in [0.5, 0.6) is 0 Å². The number of primary amides is 1. The highest BCUT2D eigenvalue weighted by molar-refractivity contribution is 5.83. The summed E-state index contributed by atoms with van der Waals surface area (Å²) in [5.41, 5.74) is 11.3. The predicted molar refractivity (Wildman–Crippen MR) is 237 cm³/mol. The lowest BCUT2D eigenvalue weighted by Gasteiger charge is -2.47. The maximum Gasteiger partial charge on any atom is 0.237 e. The van der Waals surface area contributed by atoms with Gasteiger partial charge in [0.25, 0.3) is 0 Å². The van der Waals surface area contributed by atoms with Crippen LogP contribution >= 0.6 is 0 Å². The van der Waals surface area contributed by atoms with Gasteiger partial charge in [0, 0.05) is 19.4 Å². The summed E-state index contributed by atoms with van der Waals surface area (Å²) in [4.78, 5) is 40.0. The summed E-state index contributed by atoms with van der Waals surface area (Å²) < 4.78 is 6.12. The van der Waals surface area contributed by atoms with Gasteiger partial charge in [-0.2, -0.15) is 0 Å². The van der Waals surface area contributed by atoms with Crippen LogP contribution in [0.1, 0.15) is 232 Å². The molecule has 0 aromatic heterocycles. The number of unbranched alkanes of at least 4 members (excludes halogenated alkanes) is 29. The number of ether oxygens (including phenoxy) is 1. The molecule has 8 N–H and O–H groups in total. The molecule has 0 aromatic rings. The van der Waals surface area contributed by atoms with E-state index in [0.717, 1.165) is 51.4 Å². The molecule has 3 amide bonds. The fourth-order valence-corrected chi connectivity index (χ4v) is 8.24. The van der Waals surface area contributed by atoms with Crippen LogP contribution in [0.4, 0.5) is 0 Å². The quantitative estimate of drug-likeness (QED) is 0.0331. The van der Waals surface area contributed by atoms with Gasteiger partial charge in [-0.1, -0.05) is 200 Å². The molecular formula is C47H92N4O7. The van der Waals surface area contributed by atoms with E-state index >= 15 is 0 Å². The Morgan fingerprint density at radius 3 is 1.34 bits per heavy atom. The average molecular weight is 825 g/mol. The normalized spacial score (nSPS) is 19.9. The highest BCUT2D eigenvalue weighted by atomic mass is 16.5. The predicted octanol–water partition coefficient (Wildman–Crippen LogP) is 8.85. The van der Waals surface area contributed by atoms with E-state index in [2.05, 4.69) is 19.2 Å². The third-order valence-corrected chi connectivity index (χ3v) is 12.1. The molecule has 0 bridgehead atoms. The number of aliphatic hydroxyl groups is 3. The first-order chi connectivity index (χ1) is 28.2. The zero-order chi connectivity index (χ0) is 42.6. The lowest BCUT2D eigenvalue weighted by Crippen LogP contribution is -2.69. The Morgan fingerprint density at radius 2 is 0.966 bits per heavy atom. The summed E-state index contributed by atoms with van der Waals surface area (Å²) in [7, 11) is 0. The van der Waals surface area contributed by atoms with Gasteiger partial charge in [-0.3, -0.25) is 14.4 Å². The summed E-state index contributed by atoms with van der Waals surface area (Å²) in [6, 6.07) is -2.27. The van der Waals surface area contributed by atoms with Crippen LogP contribution in [0.15, 0.2) is 0 Å². The van der Waals surface area contributed by atoms with Crippen molar-refractivity contribution in [3.05, 3.63) is 0 Å². The first-order valence-corrected chi connectivity index (χ1v) is 24.4. The Hall–Kier alpha value is -1.79. The van der Waals surface area contributed by atoms with Crippen molar-refractivity contribution in [2.75, 3.05) is 13.2 Å². The molecule has 0 aliphatic carbocycles. The Morgan fingerprint density at radius 1 is 0.586 bits per heavy atom. The summed E-state index contributed by atoms with van der Waals surface area (Å²) >= 11 is 0. The van der Waals surface area contributed by atoms with Crippen LogP contribution < -0.4 is 16.8 Å². The highest BCUT2D eigenvalue weighted by Crippen LogP contribution is 2.26. The van der Waals surface area contributed by atoms with Gasteiger partial charge < -0.3 is 41.7 Å². The van der Waals surface area contributed by atoms with Crippen molar-refractivity contribution >= 4 is 17.7 Å². The first-order valence-electron chi connectivity index (χ1n) is 24.4. The molecule has 0 radical (unpaired) electrons. The number of hydrogen-bond donors (Lipinski definition) is 6. The van der Waals surface area contributed by atoms with Gasteiger partial charge in [-0.05, 0) is 19.3 Å². The molecular weight excluding hydrogens is 733 g/mol. The van der Waals surface area contributed by atoms with Gasteiger partial charge in [0.2, 0.25) is 17.7 Å². The molecule has 1 rings (SSSR count). The van der Waals surface area contributed by atoms with Gasteiger partial charge in [-0.15, -0.1) is 0 Å². The number of nitrogens with two attached hydrogens (primary N) is 2. The van der Waals surface area contributed by atoms with E-state index < -0.39 is 55.0 Å². The zero-order valence-electron chi connectivity index (χ0n) is 37.5. The van der Waals surface area contributed by atoms with Crippen LogP contribution in [0.3, 0.4) is 0 Å². The number of nitrogens with one attached hydrogen (secondary N) is 1. The van der Waals surface area contributed by atoms with E-state index in [-0.39, 0.29) is 18.7 Å². The van der Waals surface area contributed by atoms with Crippen LogP contribution in [0.2, 0.25) is 0 Å². The van der Waals surface area contributed by atoms with Crippen molar-refractivity contribution in [1.82, 2.24) is 10.2 Å². The van der Waals surface area contributed by atoms with E-state index in [4.69, 9.17) is 16.2 Å². The molecule has 6 atom stereocenters. The molecule has 0 spiro atoms. The monoisotopic (exact) mass is 825 g/mol. The minimum atomic E-state index is -1.52. The SMILES string of the molecule is CCCCCCCCCCCCCCCCCCN(C(=O)CCCCCCCCCCCCCCCCC)[C@@H]1O[C@H](CO)[C@@H](O)[C@H](O)[C@H]1NC(=O)[C@@H](N)CCC(N)=O. The van der Waals surface area contributed by atoms with E-state index in [0.29, 0.717) is 13.0 Å². The second kappa shape index (κ2) is 37.0. The summed E-state index contributed by atoms with van der Waals surface area (Å²) in [5, 5.41) is 34.7. The largest absolute Gasteiger partial charge is 0.394 e.